The van der Waals surface area contributed by atoms with E-state index in [2.05, 4.69) is 46.3 Å². The maximum absolute atomic E-state index is 11.3. The summed E-state index contributed by atoms with van der Waals surface area (Å²) in [7, 11) is -3.32. The molecule has 0 bridgehead atoms. The van der Waals surface area contributed by atoms with Crippen LogP contribution in [0.15, 0.2) is 40.8 Å². The van der Waals surface area contributed by atoms with Gasteiger partial charge in [-0.15, -0.1) is 0 Å². The predicted octanol–water partition coefficient (Wildman–Crippen LogP) is 5.94. The Balaban J connectivity index is 1.79. The molecule has 1 heterocycles. The molecule has 0 spiro atoms. The summed E-state index contributed by atoms with van der Waals surface area (Å²) in [6.45, 7) is 14.7. The molecule has 0 saturated heterocycles. The van der Waals surface area contributed by atoms with E-state index in [4.69, 9.17) is 14.1 Å². The van der Waals surface area contributed by atoms with E-state index in [9.17, 15) is 13.5 Å². The molecule has 0 unspecified atom stereocenters. The molecule has 0 radical (unpaired) electrons. The summed E-state index contributed by atoms with van der Waals surface area (Å²) < 4.78 is 36.9. The third kappa shape index (κ3) is 6.78. The lowest BCUT2D eigenvalue weighted by Gasteiger charge is -2.27. The van der Waals surface area contributed by atoms with E-state index in [0.717, 1.165) is 34.4 Å². The molecule has 1 aromatic heterocycles. The summed E-state index contributed by atoms with van der Waals surface area (Å²) in [4.78, 5) is 4.74. The molecule has 0 amide bonds. The zero-order chi connectivity index (χ0) is 26.2. The van der Waals surface area contributed by atoms with Gasteiger partial charge in [-0.3, -0.25) is 4.72 Å². The lowest BCUT2D eigenvalue weighted by atomic mass is 9.78. The number of aromatic hydroxyl groups is 1. The van der Waals surface area contributed by atoms with E-state index in [1.807, 2.05) is 19.1 Å². The van der Waals surface area contributed by atoms with Crippen molar-refractivity contribution in [2.24, 2.45) is 0 Å². The Hall–Kier alpha value is -3.00. The monoisotopic (exact) mass is 500 g/mol. The largest absolute Gasteiger partial charge is 0.507 e. The van der Waals surface area contributed by atoms with Crippen LogP contribution in [0.4, 0.5) is 5.69 Å². The van der Waals surface area contributed by atoms with Crippen LogP contribution in [0.2, 0.25) is 0 Å². The Morgan fingerprint density at radius 2 is 1.54 bits per heavy atom. The van der Waals surface area contributed by atoms with Gasteiger partial charge in [0.2, 0.25) is 15.9 Å². The molecule has 2 N–H and O–H groups in total. The van der Waals surface area contributed by atoms with Gasteiger partial charge in [-0.2, -0.15) is 0 Å². The second-order valence-corrected chi connectivity index (χ2v) is 12.7. The first kappa shape index (κ1) is 26.6. The number of nitrogens with zero attached hydrogens (tertiary/aromatic N) is 1. The maximum atomic E-state index is 11.3. The van der Waals surface area contributed by atoms with Gasteiger partial charge in [0, 0.05) is 28.8 Å². The molecule has 0 atom stereocenters. The van der Waals surface area contributed by atoms with E-state index in [-0.39, 0.29) is 10.8 Å². The van der Waals surface area contributed by atoms with Gasteiger partial charge in [-0.25, -0.2) is 13.4 Å². The quantitative estimate of drug-likeness (QED) is 0.416. The van der Waals surface area contributed by atoms with Gasteiger partial charge in [0.1, 0.15) is 17.3 Å². The van der Waals surface area contributed by atoms with Crippen molar-refractivity contribution < 1.29 is 22.7 Å². The Bertz CT molecular complexity index is 1260. The zero-order valence-electron chi connectivity index (χ0n) is 21.8. The number of sulfonamides is 1. The van der Waals surface area contributed by atoms with Crippen molar-refractivity contribution in [1.29, 1.82) is 0 Å². The lowest BCUT2D eigenvalue weighted by Crippen LogP contribution is -2.17. The fourth-order valence-electron chi connectivity index (χ4n) is 3.78. The highest BCUT2D eigenvalue weighted by Crippen LogP contribution is 2.42. The number of aryl methyl sites for hydroxylation is 1. The topological polar surface area (TPSA) is 102 Å². The van der Waals surface area contributed by atoms with Crippen molar-refractivity contribution in [3.05, 3.63) is 59.0 Å². The van der Waals surface area contributed by atoms with Crippen LogP contribution in [-0.2, 0) is 27.3 Å². The third-order valence-corrected chi connectivity index (χ3v) is 6.24. The van der Waals surface area contributed by atoms with Crippen molar-refractivity contribution in [3.8, 4) is 23.0 Å². The maximum Gasteiger partial charge on any atom is 0.229 e. The number of oxazole rings is 1. The molecule has 7 nitrogen and oxygen atoms in total. The van der Waals surface area contributed by atoms with Crippen molar-refractivity contribution in [2.75, 3.05) is 17.6 Å². The van der Waals surface area contributed by atoms with Crippen LogP contribution in [0.1, 0.15) is 64.1 Å². The minimum atomic E-state index is -3.32. The predicted molar refractivity (Wildman–Crippen MR) is 140 cm³/mol. The molecule has 0 fully saturated rings. The van der Waals surface area contributed by atoms with Crippen LogP contribution in [0.25, 0.3) is 11.5 Å². The second-order valence-electron chi connectivity index (χ2n) is 10.9. The van der Waals surface area contributed by atoms with Gasteiger partial charge in [0.15, 0.2) is 0 Å². The molecule has 3 aromatic rings. The van der Waals surface area contributed by atoms with Crippen LogP contribution in [0.5, 0.6) is 11.5 Å². The molecular weight excluding hydrogens is 464 g/mol. The Labute approximate surface area is 208 Å². The first-order valence-electron chi connectivity index (χ1n) is 11.6. The van der Waals surface area contributed by atoms with Crippen molar-refractivity contribution in [2.45, 2.75) is 65.7 Å². The molecule has 190 valence electrons. The van der Waals surface area contributed by atoms with Crippen LogP contribution in [0.3, 0.4) is 0 Å². The van der Waals surface area contributed by atoms with Crippen molar-refractivity contribution in [1.82, 2.24) is 4.98 Å². The number of nitrogens with one attached hydrogen (secondary N) is 1. The molecule has 8 heteroatoms. The second kappa shape index (κ2) is 9.57. The molecule has 0 aliphatic heterocycles. The van der Waals surface area contributed by atoms with Gasteiger partial charge in [-0.1, -0.05) is 41.5 Å². The number of aromatic nitrogens is 1. The minimum absolute atomic E-state index is 0.245. The standard InChI is InChI=1S/C27H36N2O5S/c1-17-23(13-14-33-20-11-9-19(10-12-20)29-35(8,31)32)28-25(34-17)18-15-21(26(2,3)4)24(30)22(16-18)27(5,6)7/h9-12,15-16,29-30H,13-14H2,1-8H3. The number of anilines is 1. The summed E-state index contributed by atoms with van der Waals surface area (Å²) in [6, 6.07) is 10.7. The summed E-state index contributed by atoms with van der Waals surface area (Å²) >= 11 is 0. The molecule has 3 rings (SSSR count). The Morgan fingerprint density at radius 3 is 2.03 bits per heavy atom. The number of phenolic OH excluding ortho intramolecular Hbond substituents is 1. The third-order valence-electron chi connectivity index (χ3n) is 5.63. The average molecular weight is 501 g/mol. The van der Waals surface area contributed by atoms with Gasteiger partial charge in [0.05, 0.1) is 18.6 Å². The molecule has 0 aliphatic rings. The average Bonchev–Trinajstić information content (AvgIpc) is 3.07. The SMILES string of the molecule is Cc1oc(-c2cc(C(C)(C)C)c(O)c(C(C)(C)C)c2)nc1CCOc1ccc(NS(C)(=O)=O)cc1. The number of phenols is 1. The molecule has 2 aromatic carbocycles. The van der Waals surface area contributed by atoms with E-state index < -0.39 is 10.0 Å². The highest BCUT2D eigenvalue weighted by molar-refractivity contribution is 7.92. The lowest BCUT2D eigenvalue weighted by molar-refractivity contribution is 0.320. The normalized spacial score (nSPS) is 12.6. The van der Waals surface area contributed by atoms with Gasteiger partial charge >= 0.3 is 0 Å². The van der Waals surface area contributed by atoms with E-state index in [1.54, 1.807) is 24.3 Å². The van der Waals surface area contributed by atoms with E-state index in [0.29, 0.717) is 36.1 Å². The van der Waals surface area contributed by atoms with Crippen molar-refractivity contribution >= 4 is 15.7 Å². The highest BCUT2D eigenvalue weighted by atomic mass is 32.2. The fraction of sp³-hybridized carbons (Fsp3) is 0.444. The number of rotatable bonds is 7. The zero-order valence-corrected chi connectivity index (χ0v) is 22.6. The summed E-state index contributed by atoms with van der Waals surface area (Å²) in [5.74, 6) is 2.20. The number of hydrogen-bond acceptors (Lipinski definition) is 6. The molecule has 0 saturated carbocycles. The van der Waals surface area contributed by atoms with Crippen LogP contribution >= 0.6 is 0 Å². The van der Waals surface area contributed by atoms with Crippen LogP contribution < -0.4 is 9.46 Å². The summed E-state index contributed by atoms with van der Waals surface area (Å²) in [6.07, 6.45) is 1.66. The number of hydrogen-bond donors (Lipinski definition) is 2. The summed E-state index contributed by atoms with van der Waals surface area (Å²) in [5.41, 5.74) is 3.34. The van der Waals surface area contributed by atoms with Crippen LogP contribution in [0, 0.1) is 6.92 Å². The first-order chi connectivity index (χ1) is 16.0. The molecule has 0 aliphatic carbocycles. The fourth-order valence-corrected chi connectivity index (χ4v) is 4.35. The number of benzene rings is 2. The Morgan fingerprint density at radius 1 is 1.00 bits per heavy atom. The molecular formula is C27H36N2O5S. The Kier molecular flexibility index (Phi) is 7.27. The minimum Gasteiger partial charge on any atom is -0.507 e. The smallest absolute Gasteiger partial charge is 0.229 e. The first-order valence-corrected chi connectivity index (χ1v) is 13.5. The van der Waals surface area contributed by atoms with Gasteiger partial charge in [-0.05, 0) is 54.2 Å². The van der Waals surface area contributed by atoms with Crippen LogP contribution in [-0.4, -0.2) is 31.4 Å². The highest BCUT2D eigenvalue weighted by Gasteiger charge is 2.28. The van der Waals surface area contributed by atoms with Crippen molar-refractivity contribution in [3.63, 3.8) is 0 Å². The number of ether oxygens (including phenoxy) is 1. The van der Waals surface area contributed by atoms with E-state index >= 15 is 0 Å². The summed E-state index contributed by atoms with van der Waals surface area (Å²) in [5, 5.41) is 11.0. The van der Waals surface area contributed by atoms with Gasteiger partial charge < -0.3 is 14.3 Å². The van der Waals surface area contributed by atoms with E-state index in [1.165, 1.54) is 0 Å². The van der Waals surface area contributed by atoms with Gasteiger partial charge in [0.25, 0.3) is 0 Å². The molecule has 35 heavy (non-hydrogen) atoms.